The van der Waals surface area contributed by atoms with E-state index in [2.05, 4.69) is 30.6 Å². The molecule has 2 heteroatoms. The minimum Gasteiger partial charge on any atom is -0.302 e. The van der Waals surface area contributed by atoms with Crippen molar-refractivity contribution in [2.75, 3.05) is 25.1 Å². The summed E-state index contributed by atoms with van der Waals surface area (Å²) in [4.78, 5) is 2.41. The van der Waals surface area contributed by atoms with Gasteiger partial charge in [0.2, 0.25) is 0 Å². The summed E-state index contributed by atoms with van der Waals surface area (Å²) >= 11 is 2.07. The number of rotatable bonds is 0. The van der Waals surface area contributed by atoms with E-state index < -0.39 is 0 Å². The summed E-state index contributed by atoms with van der Waals surface area (Å²) in [6.07, 6.45) is 0. The number of hydrogen-bond acceptors (Lipinski definition) is 2. The van der Waals surface area contributed by atoms with Gasteiger partial charge >= 0.3 is 0 Å². The van der Waals surface area contributed by atoms with Crippen molar-refractivity contribution < 1.29 is 0 Å². The summed E-state index contributed by atoms with van der Waals surface area (Å²) in [5.74, 6) is 2.64. The van der Waals surface area contributed by atoms with Gasteiger partial charge in [0, 0.05) is 24.1 Å². The number of hydrogen-bond donors (Lipinski definition) is 0. The second kappa shape index (κ2) is 2.74. The van der Waals surface area contributed by atoms with Crippen molar-refractivity contribution in [3.8, 4) is 0 Å². The van der Waals surface area contributed by atoms with E-state index in [1.54, 1.807) is 0 Å². The lowest BCUT2D eigenvalue weighted by molar-refractivity contribution is 0.287. The smallest absolute Gasteiger partial charge is 0.0155 e. The van der Waals surface area contributed by atoms with Crippen LogP contribution in [0, 0.1) is 0 Å². The van der Waals surface area contributed by atoms with Gasteiger partial charge in [-0.1, -0.05) is 0 Å². The van der Waals surface area contributed by atoms with Crippen LogP contribution in [0.5, 0.6) is 0 Å². The largest absolute Gasteiger partial charge is 0.302 e. The van der Waals surface area contributed by atoms with Gasteiger partial charge in [0.25, 0.3) is 0 Å². The Kier molecular flexibility index (Phi) is 2.20. The van der Waals surface area contributed by atoms with Gasteiger partial charge in [-0.15, -0.1) is 0 Å². The predicted octanol–water partition coefficient (Wildman–Crippen LogP) is 1.05. The van der Waals surface area contributed by atoms with E-state index in [9.17, 15) is 0 Å². The van der Waals surface area contributed by atoms with E-state index in [1.807, 2.05) is 0 Å². The molecule has 0 radical (unpaired) electrons. The van der Waals surface area contributed by atoms with Gasteiger partial charge in [0.15, 0.2) is 0 Å². The Labute approximate surface area is 55.4 Å². The molecule has 0 amide bonds. The van der Waals surface area contributed by atoms with E-state index >= 15 is 0 Å². The summed E-state index contributed by atoms with van der Waals surface area (Å²) in [7, 11) is 2.20. The molecule has 0 aromatic rings. The highest BCUT2D eigenvalue weighted by Crippen LogP contribution is 2.12. The van der Waals surface area contributed by atoms with Crippen molar-refractivity contribution in [2.24, 2.45) is 0 Å². The van der Waals surface area contributed by atoms with Crippen LogP contribution >= 0.6 is 11.8 Å². The van der Waals surface area contributed by atoms with E-state index in [4.69, 9.17) is 0 Å². The predicted molar refractivity (Wildman–Crippen MR) is 39.4 cm³/mol. The fourth-order valence-electron chi connectivity index (χ4n) is 0.810. The standard InChI is InChI=1S/C6H13NS/c1-6-5-8-4-3-7(6)2/h6H,3-5H2,1-2H3/t6-/m1/s1. The maximum absolute atomic E-state index is 2.41. The second-order valence-electron chi connectivity index (χ2n) is 2.40. The molecule has 0 spiro atoms. The molecule has 1 aliphatic rings. The molecule has 1 aliphatic heterocycles. The lowest BCUT2D eigenvalue weighted by atomic mass is 10.3. The number of thioether (sulfide) groups is 1. The van der Waals surface area contributed by atoms with E-state index in [1.165, 1.54) is 18.1 Å². The molecule has 0 saturated carbocycles. The normalized spacial score (nSPS) is 33.0. The van der Waals surface area contributed by atoms with Crippen LogP contribution in [-0.2, 0) is 0 Å². The van der Waals surface area contributed by atoms with Crippen molar-refractivity contribution in [1.29, 1.82) is 0 Å². The lowest BCUT2D eigenvalue weighted by Crippen LogP contribution is -2.36. The van der Waals surface area contributed by atoms with Gasteiger partial charge in [0.05, 0.1) is 0 Å². The van der Waals surface area contributed by atoms with Crippen LogP contribution in [0.3, 0.4) is 0 Å². The molecule has 1 rings (SSSR count). The van der Waals surface area contributed by atoms with Crippen LogP contribution < -0.4 is 0 Å². The average Bonchev–Trinajstić information content (AvgIpc) is 1.77. The third-order valence-electron chi connectivity index (χ3n) is 1.70. The van der Waals surface area contributed by atoms with Crippen LogP contribution in [0.15, 0.2) is 0 Å². The molecule has 0 aliphatic carbocycles. The highest BCUT2D eigenvalue weighted by molar-refractivity contribution is 7.99. The van der Waals surface area contributed by atoms with Crippen LogP contribution in [-0.4, -0.2) is 36.0 Å². The third-order valence-corrected chi connectivity index (χ3v) is 2.89. The first-order valence-electron chi connectivity index (χ1n) is 3.08. The van der Waals surface area contributed by atoms with Gasteiger partial charge in [-0.3, -0.25) is 0 Å². The first kappa shape index (κ1) is 6.43. The molecular formula is C6H13NS. The molecule has 1 nitrogen and oxygen atoms in total. The molecule has 1 fully saturated rings. The summed E-state index contributed by atoms with van der Waals surface area (Å²) in [6, 6.07) is 0.800. The minimum absolute atomic E-state index is 0.800. The van der Waals surface area contributed by atoms with Crippen molar-refractivity contribution in [3.63, 3.8) is 0 Å². The fraction of sp³-hybridized carbons (Fsp3) is 1.00. The maximum atomic E-state index is 2.41. The van der Waals surface area contributed by atoms with E-state index in [0.29, 0.717) is 0 Å². The molecule has 1 saturated heterocycles. The maximum Gasteiger partial charge on any atom is 0.0155 e. The molecule has 8 heavy (non-hydrogen) atoms. The summed E-state index contributed by atoms with van der Waals surface area (Å²) < 4.78 is 0. The first-order valence-corrected chi connectivity index (χ1v) is 4.24. The summed E-state index contributed by atoms with van der Waals surface area (Å²) in [5.41, 5.74) is 0. The average molecular weight is 131 g/mol. The SMILES string of the molecule is C[C@@H]1CSCCN1C. The number of nitrogens with zero attached hydrogens (tertiary/aromatic N) is 1. The Bertz CT molecular complexity index is 64.9. The molecule has 0 aromatic carbocycles. The topological polar surface area (TPSA) is 3.24 Å². The van der Waals surface area contributed by atoms with Gasteiger partial charge in [0.1, 0.15) is 0 Å². The highest BCUT2D eigenvalue weighted by Gasteiger charge is 2.12. The quantitative estimate of drug-likeness (QED) is 0.483. The molecule has 0 unspecified atom stereocenters. The third kappa shape index (κ3) is 1.39. The van der Waals surface area contributed by atoms with Crippen molar-refractivity contribution >= 4 is 11.8 Å². The Balaban J connectivity index is 2.28. The van der Waals surface area contributed by atoms with Crippen LogP contribution in [0.1, 0.15) is 6.92 Å². The molecule has 0 aromatic heterocycles. The summed E-state index contributed by atoms with van der Waals surface area (Å²) in [5, 5.41) is 0. The molecule has 0 bridgehead atoms. The minimum atomic E-state index is 0.800. The Morgan fingerprint density at radius 2 is 2.38 bits per heavy atom. The van der Waals surface area contributed by atoms with Crippen LogP contribution in [0.25, 0.3) is 0 Å². The van der Waals surface area contributed by atoms with Gasteiger partial charge in [-0.05, 0) is 14.0 Å². The Hall–Kier alpha value is 0.310. The van der Waals surface area contributed by atoms with Gasteiger partial charge in [-0.2, -0.15) is 11.8 Å². The highest BCUT2D eigenvalue weighted by atomic mass is 32.2. The van der Waals surface area contributed by atoms with Crippen LogP contribution in [0.2, 0.25) is 0 Å². The fourth-order valence-corrected chi connectivity index (χ4v) is 1.99. The van der Waals surface area contributed by atoms with Crippen LogP contribution in [0.4, 0.5) is 0 Å². The Morgan fingerprint density at radius 3 is 2.75 bits per heavy atom. The zero-order valence-corrected chi connectivity index (χ0v) is 6.37. The van der Waals surface area contributed by atoms with E-state index in [-0.39, 0.29) is 0 Å². The van der Waals surface area contributed by atoms with Gasteiger partial charge in [-0.25, -0.2) is 0 Å². The Morgan fingerprint density at radius 1 is 1.62 bits per heavy atom. The zero-order valence-electron chi connectivity index (χ0n) is 5.55. The molecule has 0 N–H and O–H groups in total. The molecule has 1 heterocycles. The summed E-state index contributed by atoms with van der Waals surface area (Å²) in [6.45, 7) is 3.55. The van der Waals surface area contributed by atoms with Gasteiger partial charge < -0.3 is 4.90 Å². The van der Waals surface area contributed by atoms with Crippen molar-refractivity contribution in [2.45, 2.75) is 13.0 Å². The second-order valence-corrected chi connectivity index (χ2v) is 3.55. The van der Waals surface area contributed by atoms with E-state index in [0.717, 1.165) is 6.04 Å². The first-order chi connectivity index (χ1) is 3.80. The molecule has 1 atom stereocenters. The molecule has 48 valence electrons. The molecular weight excluding hydrogens is 118 g/mol. The van der Waals surface area contributed by atoms with Crippen molar-refractivity contribution in [3.05, 3.63) is 0 Å². The zero-order chi connectivity index (χ0) is 5.98. The lowest BCUT2D eigenvalue weighted by Gasteiger charge is -2.28. The monoisotopic (exact) mass is 131 g/mol. The van der Waals surface area contributed by atoms with Crippen molar-refractivity contribution in [1.82, 2.24) is 4.90 Å².